The molecule has 3 heterocycles. The monoisotopic (exact) mass is 368 g/mol. The van der Waals surface area contributed by atoms with Crippen LogP contribution >= 0.6 is 11.3 Å². The lowest BCUT2D eigenvalue weighted by Gasteiger charge is -2.29. The average molecular weight is 369 g/mol. The predicted molar refractivity (Wildman–Crippen MR) is 108 cm³/mol. The number of hydrogen-bond acceptors (Lipinski definition) is 6. The standard InChI is InChI=1S/C20H24N4OS/c1-14-18(7-4-12-25)26-20(22-14)17-13-15-5-2-3-6-16(15)19(23-17)24-10-8-21-9-11-24/h2-3,5-6,13,21,25H,4,7-12H2,1H3. The van der Waals surface area contributed by atoms with E-state index >= 15 is 0 Å². The molecule has 3 aromatic rings. The highest BCUT2D eigenvalue weighted by molar-refractivity contribution is 7.15. The average Bonchev–Trinajstić information content (AvgIpc) is 3.07. The van der Waals surface area contributed by atoms with Crippen LogP contribution in [0.2, 0.25) is 0 Å². The Hall–Kier alpha value is -2.02. The van der Waals surface area contributed by atoms with Crippen molar-refractivity contribution in [2.75, 3.05) is 37.7 Å². The maximum atomic E-state index is 9.10. The first-order valence-corrected chi connectivity index (χ1v) is 10.0. The molecule has 2 aromatic heterocycles. The highest BCUT2D eigenvalue weighted by Crippen LogP contribution is 2.33. The number of hydrogen-bond donors (Lipinski definition) is 2. The van der Waals surface area contributed by atoms with Crippen LogP contribution in [-0.2, 0) is 6.42 Å². The van der Waals surface area contributed by atoms with Crippen molar-refractivity contribution >= 4 is 27.9 Å². The van der Waals surface area contributed by atoms with Crippen LogP contribution < -0.4 is 10.2 Å². The van der Waals surface area contributed by atoms with E-state index in [4.69, 9.17) is 15.1 Å². The Bertz CT molecular complexity index is 902. The van der Waals surface area contributed by atoms with E-state index in [1.54, 1.807) is 11.3 Å². The van der Waals surface area contributed by atoms with Gasteiger partial charge in [-0.05, 0) is 31.2 Å². The molecule has 1 aliphatic rings. The quantitative estimate of drug-likeness (QED) is 0.725. The number of rotatable bonds is 5. The van der Waals surface area contributed by atoms with Crippen molar-refractivity contribution in [2.45, 2.75) is 19.8 Å². The summed E-state index contributed by atoms with van der Waals surface area (Å²) in [5.74, 6) is 1.06. The number of aliphatic hydroxyl groups is 1. The minimum Gasteiger partial charge on any atom is -0.396 e. The molecular weight excluding hydrogens is 344 g/mol. The molecule has 0 aliphatic carbocycles. The van der Waals surface area contributed by atoms with E-state index in [0.717, 1.165) is 61.2 Å². The fourth-order valence-electron chi connectivity index (χ4n) is 3.42. The van der Waals surface area contributed by atoms with E-state index in [9.17, 15) is 0 Å². The Morgan fingerprint density at radius 3 is 2.81 bits per heavy atom. The summed E-state index contributed by atoms with van der Waals surface area (Å²) in [7, 11) is 0. The molecule has 0 amide bonds. The van der Waals surface area contributed by atoms with Gasteiger partial charge in [0.15, 0.2) is 0 Å². The van der Waals surface area contributed by atoms with E-state index in [1.807, 2.05) is 6.92 Å². The molecule has 0 atom stereocenters. The Kier molecular flexibility index (Phi) is 5.15. The second-order valence-electron chi connectivity index (χ2n) is 6.64. The first kappa shape index (κ1) is 17.4. The number of benzene rings is 1. The van der Waals surface area contributed by atoms with Gasteiger partial charge in [0.1, 0.15) is 16.5 Å². The fraction of sp³-hybridized carbons (Fsp3) is 0.400. The van der Waals surface area contributed by atoms with Crippen molar-refractivity contribution in [3.63, 3.8) is 0 Å². The van der Waals surface area contributed by atoms with Gasteiger partial charge in [-0.25, -0.2) is 9.97 Å². The van der Waals surface area contributed by atoms with Gasteiger partial charge in [0.2, 0.25) is 0 Å². The van der Waals surface area contributed by atoms with Gasteiger partial charge in [-0.15, -0.1) is 11.3 Å². The number of aliphatic hydroxyl groups excluding tert-OH is 1. The van der Waals surface area contributed by atoms with Gasteiger partial charge in [-0.3, -0.25) is 0 Å². The molecule has 6 heteroatoms. The van der Waals surface area contributed by atoms with Crippen LogP contribution in [0.5, 0.6) is 0 Å². The van der Waals surface area contributed by atoms with Gasteiger partial charge in [0.05, 0.1) is 5.69 Å². The molecule has 0 unspecified atom stereocenters. The molecule has 4 rings (SSSR count). The second-order valence-corrected chi connectivity index (χ2v) is 7.73. The highest BCUT2D eigenvalue weighted by atomic mass is 32.1. The summed E-state index contributed by atoms with van der Waals surface area (Å²) in [4.78, 5) is 13.4. The molecule has 0 spiro atoms. The maximum Gasteiger partial charge on any atom is 0.142 e. The third kappa shape index (κ3) is 3.45. The summed E-state index contributed by atoms with van der Waals surface area (Å²) in [5.41, 5.74) is 2.00. The first-order chi connectivity index (χ1) is 12.8. The topological polar surface area (TPSA) is 61.3 Å². The maximum absolute atomic E-state index is 9.10. The number of nitrogens with one attached hydrogen (secondary N) is 1. The number of thiazole rings is 1. The van der Waals surface area contributed by atoms with Crippen molar-refractivity contribution in [3.05, 3.63) is 40.9 Å². The van der Waals surface area contributed by atoms with Gasteiger partial charge in [0, 0.05) is 43.0 Å². The molecule has 26 heavy (non-hydrogen) atoms. The zero-order chi connectivity index (χ0) is 17.9. The van der Waals surface area contributed by atoms with E-state index in [1.165, 1.54) is 15.6 Å². The second kappa shape index (κ2) is 7.70. The van der Waals surface area contributed by atoms with Crippen molar-refractivity contribution < 1.29 is 5.11 Å². The van der Waals surface area contributed by atoms with Crippen molar-refractivity contribution in [2.24, 2.45) is 0 Å². The van der Waals surface area contributed by atoms with E-state index in [0.29, 0.717) is 0 Å². The molecule has 1 fully saturated rings. The minimum absolute atomic E-state index is 0.216. The zero-order valence-electron chi connectivity index (χ0n) is 15.0. The van der Waals surface area contributed by atoms with Crippen LogP contribution in [0, 0.1) is 6.92 Å². The fourth-order valence-corrected chi connectivity index (χ4v) is 4.48. The van der Waals surface area contributed by atoms with Crippen LogP contribution in [0.25, 0.3) is 21.5 Å². The van der Waals surface area contributed by atoms with E-state index < -0.39 is 0 Å². The van der Waals surface area contributed by atoms with Gasteiger partial charge in [0.25, 0.3) is 0 Å². The Morgan fingerprint density at radius 1 is 1.19 bits per heavy atom. The number of pyridine rings is 1. The highest BCUT2D eigenvalue weighted by Gasteiger charge is 2.18. The number of aryl methyl sites for hydroxylation is 2. The number of aromatic nitrogens is 2. The number of anilines is 1. The van der Waals surface area contributed by atoms with Gasteiger partial charge < -0.3 is 15.3 Å². The Morgan fingerprint density at radius 2 is 2.00 bits per heavy atom. The number of fused-ring (bicyclic) bond motifs is 1. The molecule has 1 aliphatic heterocycles. The molecule has 1 aromatic carbocycles. The number of nitrogens with zero attached hydrogens (tertiary/aromatic N) is 3. The van der Waals surface area contributed by atoms with Crippen molar-refractivity contribution in [3.8, 4) is 10.7 Å². The van der Waals surface area contributed by atoms with Crippen LogP contribution in [0.3, 0.4) is 0 Å². The molecule has 2 N–H and O–H groups in total. The van der Waals surface area contributed by atoms with Gasteiger partial charge >= 0.3 is 0 Å². The Balaban J connectivity index is 1.78. The van der Waals surface area contributed by atoms with E-state index in [-0.39, 0.29) is 6.61 Å². The third-order valence-electron chi connectivity index (χ3n) is 4.81. The largest absolute Gasteiger partial charge is 0.396 e. The lowest BCUT2D eigenvalue weighted by molar-refractivity contribution is 0.289. The lowest BCUT2D eigenvalue weighted by Crippen LogP contribution is -2.44. The molecule has 0 bridgehead atoms. The summed E-state index contributed by atoms with van der Waals surface area (Å²) in [6.07, 6.45) is 1.65. The molecule has 0 saturated carbocycles. The predicted octanol–water partition coefficient (Wildman–Crippen LogP) is 3.00. The Labute approximate surface area is 157 Å². The zero-order valence-corrected chi connectivity index (χ0v) is 15.9. The summed E-state index contributed by atoms with van der Waals surface area (Å²) in [6, 6.07) is 10.6. The first-order valence-electron chi connectivity index (χ1n) is 9.19. The molecule has 0 radical (unpaired) electrons. The summed E-state index contributed by atoms with van der Waals surface area (Å²) in [6.45, 7) is 6.18. The summed E-state index contributed by atoms with van der Waals surface area (Å²) < 4.78 is 0. The van der Waals surface area contributed by atoms with Gasteiger partial charge in [-0.1, -0.05) is 24.3 Å². The lowest BCUT2D eigenvalue weighted by atomic mass is 10.1. The van der Waals surface area contributed by atoms with Crippen molar-refractivity contribution in [1.29, 1.82) is 0 Å². The SMILES string of the molecule is Cc1nc(-c2cc3ccccc3c(N3CCNCC3)n2)sc1CCCO. The van der Waals surface area contributed by atoms with E-state index in [2.05, 4.69) is 40.5 Å². The van der Waals surface area contributed by atoms with Gasteiger partial charge in [-0.2, -0.15) is 0 Å². The smallest absolute Gasteiger partial charge is 0.142 e. The third-order valence-corrected chi connectivity index (χ3v) is 6.05. The molecule has 5 nitrogen and oxygen atoms in total. The molecular formula is C20H24N4OS. The molecule has 136 valence electrons. The minimum atomic E-state index is 0.216. The van der Waals surface area contributed by atoms with Crippen LogP contribution in [0.15, 0.2) is 30.3 Å². The van der Waals surface area contributed by atoms with Crippen LogP contribution in [-0.4, -0.2) is 47.9 Å². The van der Waals surface area contributed by atoms with Crippen LogP contribution in [0.1, 0.15) is 17.0 Å². The van der Waals surface area contributed by atoms with Crippen LogP contribution in [0.4, 0.5) is 5.82 Å². The molecule has 1 saturated heterocycles. The summed E-state index contributed by atoms with van der Waals surface area (Å²) >= 11 is 1.70. The number of piperazine rings is 1. The normalized spacial score (nSPS) is 14.9. The summed E-state index contributed by atoms with van der Waals surface area (Å²) in [5, 5.41) is 15.9. The van der Waals surface area contributed by atoms with Crippen molar-refractivity contribution in [1.82, 2.24) is 15.3 Å².